The Balaban J connectivity index is 1.65. The Morgan fingerprint density at radius 2 is 0.875 bits per heavy atom. The number of ketones is 2. The van der Waals surface area contributed by atoms with Crippen molar-refractivity contribution >= 4 is 74.8 Å². The highest BCUT2D eigenvalue weighted by Gasteiger charge is 2.35. The molecule has 20 heteroatoms. The molecule has 0 bridgehead atoms. The smallest absolute Gasteiger partial charge is 0.354 e. The highest BCUT2D eigenvalue weighted by molar-refractivity contribution is 7.92. The van der Waals surface area contributed by atoms with Crippen LogP contribution in [0.5, 0.6) is 0 Å². The van der Waals surface area contributed by atoms with Gasteiger partial charge in [-0.15, -0.1) is 0 Å². The summed E-state index contributed by atoms with van der Waals surface area (Å²) in [6.07, 6.45) is 0. The second-order valence-corrected chi connectivity index (χ2v) is 19.5. The van der Waals surface area contributed by atoms with Gasteiger partial charge in [-0.2, -0.15) is 16.8 Å². The van der Waals surface area contributed by atoms with E-state index in [0.29, 0.717) is 22.3 Å². The number of anilines is 4. The quantitative estimate of drug-likeness (QED) is 0.107. The first-order valence-electron chi connectivity index (χ1n) is 16.6. The van der Waals surface area contributed by atoms with E-state index in [1.165, 1.54) is 38.1 Å². The maximum absolute atomic E-state index is 14.3. The highest BCUT2D eigenvalue weighted by Crippen LogP contribution is 2.42. The largest absolute Gasteiger partial charge is 0.397 e. The van der Waals surface area contributed by atoms with E-state index in [1.807, 2.05) is 0 Å². The fraction of sp³-hybridized carbons (Fsp3) is 0.278. The van der Waals surface area contributed by atoms with E-state index < -0.39 is 76.8 Å². The molecule has 0 aromatic heterocycles. The molecule has 0 heterocycles. The first-order valence-corrected chi connectivity index (χ1v) is 22.7. The number of aryl methyl sites for hydroxylation is 4. The molecule has 4 aromatic rings. The number of fused-ring (bicyclic) bond motifs is 2. The van der Waals surface area contributed by atoms with Gasteiger partial charge in [-0.05, 0) is 87.1 Å². The molecule has 0 atom stereocenters. The Labute approximate surface area is 325 Å². The van der Waals surface area contributed by atoms with E-state index in [-0.39, 0.29) is 65.9 Å². The molecule has 0 saturated carbocycles. The zero-order valence-electron chi connectivity index (χ0n) is 30.9. The van der Waals surface area contributed by atoms with Crippen LogP contribution < -0.4 is 10.6 Å². The average molecular weight is 851 g/mol. The molecule has 0 spiro atoms. The van der Waals surface area contributed by atoms with Crippen LogP contribution in [0.25, 0.3) is 0 Å². The number of carbonyl (C=O) groups is 2. The van der Waals surface area contributed by atoms with Crippen LogP contribution in [0, 0.1) is 41.5 Å². The molecule has 0 aliphatic heterocycles. The third-order valence-electron chi connectivity index (χ3n) is 9.19. The molecule has 4 N–H and O–H groups in total. The summed E-state index contributed by atoms with van der Waals surface area (Å²) < 4.78 is 124. The van der Waals surface area contributed by atoms with Gasteiger partial charge >= 0.3 is 20.8 Å². The molecule has 0 fully saturated rings. The normalized spacial score (nSPS) is 13.4. The highest BCUT2D eigenvalue weighted by atomic mass is 32.3. The number of benzene rings is 4. The molecule has 0 saturated heterocycles. The minimum absolute atomic E-state index is 0.0540. The van der Waals surface area contributed by atoms with Crippen molar-refractivity contribution in [3.63, 3.8) is 0 Å². The Bertz CT molecular complexity index is 2590. The van der Waals surface area contributed by atoms with E-state index in [4.69, 9.17) is 9.11 Å². The standard InChI is InChI=1S/C36H38N2O14S4/c1-19-17-21(3)35(53(41,42)15-13-51-55(45,46)47)23(5)31(19)37-27-11-12-28(30-29(27)33(39)25-9-7-8-10-26(25)34(30)40)38-32-20(2)18-22(4)36(24(32)6)54(43,44)16-14-52-56(48,49)50/h7-12,17-18,37-38H,13-16H2,1-6H3,(H,45,46,47)(H,48,49,50). The maximum atomic E-state index is 14.3. The Hall–Kier alpha value is -4.54. The summed E-state index contributed by atoms with van der Waals surface area (Å²) in [6.45, 7) is 7.87. The Morgan fingerprint density at radius 3 is 1.20 bits per heavy atom. The summed E-state index contributed by atoms with van der Waals surface area (Å²) in [6, 6.07) is 12.4. The fourth-order valence-electron chi connectivity index (χ4n) is 7.08. The van der Waals surface area contributed by atoms with Gasteiger partial charge in [0, 0.05) is 22.5 Å². The van der Waals surface area contributed by atoms with Crippen molar-refractivity contribution in [3.05, 3.63) is 104 Å². The summed E-state index contributed by atoms with van der Waals surface area (Å²) in [5, 5.41) is 6.33. The Kier molecular flexibility index (Phi) is 11.7. The van der Waals surface area contributed by atoms with Crippen molar-refractivity contribution in [2.45, 2.75) is 51.3 Å². The monoisotopic (exact) mass is 850 g/mol. The lowest BCUT2D eigenvalue weighted by Gasteiger charge is -2.26. The number of nitrogens with one attached hydrogen (secondary N) is 2. The van der Waals surface area contributed by atoms with Crippen LogP contribution in [-0.2, 0) is 48.8 Å². The molecule has 0 amide bonds. The molecule has 5 rings (SSSR count). The van der Waals surface area contributed by atoms with Crippen LogP contribution >= 0.6 is 0 Å². The first kappa shape index (κ1) is 42.6. The van der Waals surface area contributed by atoms with Gasteiger partial charge < -0.3 is 10.6 Å². The van der Waals surface area contributed by atoms with E-state index >= 15 is 0 Å². The van der Waals surface area contributed by atoms with E-state index in [2.05, 4.69) is 19.0 Å². The van der Waals surface area contributed by atoms with Crippen molar-refractivity contribution in [2.24, 2.45) is 0 Å². The number of carbonyl (C=O) groups excluding carboxylic acids is 2. The zero-order valence-corrected chi connectivity index (χ0v) is 34.1. The summed E-state index contributed by atoms with van der Waals surface area (Å²) in [5.41, 5.74) is 3.26. The van der Waals surface area contributed by atoms with Crippen LogP contribution in [-0.4, -0.2) is 79.1 Å². The summed E-state index contributed by atoms with van der Waals surface area (Å²) >= 11 is 0. The van der Waals surface area contributed by atoms with Crippen molar-refractivity contribution in [2.75, 3.05) is 35.4 Å². The lowest BCUT2D eigenvalue weighted by Crippen LogP contribution is -2.24. The third-order valence-corrected chi connectivity index (χ3v) is 14.0. The molecule has 1 aliphatic carbocycles. The zero-order chi connectivity index (χ0) is 41.7. The summed E-state index contributed by atoms with van der Waals surface area (Å²) in [7, 11) is -18.2. The van der Waals surface area contributed by atoms with E-state index in [1.54, 1.807) is 52.0 Å². The van der Waals surface area contributed by atoms with Gasteiger partial charge in [-0.3, -0.25) is 18.7 Å². The van der Waals surface area contributed by atoms with Crippen LogP contribution in [0.2, 0.25) is 0 Å². The second kappa shape index (κ2) is 15.4. The molecule has 0 radical (unpaired) electrons. The molecule has 4 aromatic carbocycles. The summed E-state index contributed by atoms with van der Waals surface area (Å²) in [4.78, 5) is 28.3. The van der Waals surface area contributed by atoms with Gasteiger partial charge in [0.25, 0.3) is 0 Å². The topological polar surface area (TPSA) is 254 Å². The van der Waals surface area contributed by atoms with E-state index in [0.717, 1.165) is 0 Å². The summed E-state index contributed by atoms with van der Waals surface area (Å²) in [5.74, 6) is -2.62. The molecule has 300 valence electrons. The molecule has 56 heavy (non-hydrogen) atoms. The average Bonchev–Trinajstić information content (AvgIpc) is 3.05. The number of sulfone groups is 2. The van der Waals surface area contributed by atoms with Crippen LogP contribution in [0.1, 0.15) is 65.2 Å². The van der Waals surface area contributed by atoms with Crippen LogP contribution in [0.3, 0.4) is 0 Å². The van der Waals surface area contributed by atoms with Crippen molar-refractivity contribution in [1.82, 2.24) is 0 Å². The fourth-order valence-corrected chi connectivity index (χ4v) is 11.1. The lowest BCUT2D eigenvalue weighted by molar-refractivity contribution is 0.0980. The van der Waals surface area contributed by atoms with Crippen LogP contribution in [0.15, 0.2) is 58.3 Å². The van der Waals surface area contributed by atoms with Crippen molar-refractivity contribution in [1.29, 1.82) is 0 Å². The molecule has 0 unspecified atom stereocenters. The number of rotatable bonds is 14. The maximum Gasteiger partial charge on any atom is 0.397 e. The van der Waals surface area contributed by atoms with Gasteiger partial charge in [0.05, 0.1) is 57.0 Å². The predicted molar refractivity (Wildman–Crippen MR) is 207 cm³/mol. The van der Waals surface area contributed by atoms with Gasteiger partial charge in [-0.1, -0.05) is 36.4 Å². The van der Waals surface area contributed by atoms with Gasteiger partial charge in [-0.25, -0.2) is 25.2 Å². The molecular weight excluding hydrogens is 813 g/mol. The predicted octanol–water partition coefficient (Wildman–Crippen LogP) is 4.99. The second-order valence-electron chi connectivity index (χ2n) is 13.2. The van der Waals surface area contributed by atoms with Crippen molar-refractivity contribution < 1.29 is 60.7 Å². The Morgan fingerprint density at radius 1 is 0.536 bits per heavy atom. The van der Waals surface area contributed by atoms with Crippen LogP contribution in [0.4, 0.5) is 22.7 Å². The third kappa shape index (κ3) is 8.71. The van der Waals surface area contributed by atoms with Crippen molar-refractivity contribution in [3.8, 4) is 0 Å². The van der Waals surface area contributed by atoms with E-state index in [9.17, 15) is 43.3 Å². The SMILES string of the molecule is Cc1cc(C)c(S(=O)(=O)CCOS(=O)(=O)O)c(C)c1Nc1ccc(Nc2c(C)cc(C)c(S(=O)(=O)CCOS(=O)(=O)O)c2C)c2c1C(=O)c1ccccc1C2=O. The first-order chi connectivity index (χ1) is 25.8. The molecule has 1 aliphatic rings. The minimum atomic E-state index is -4.89. The minimum Gasteiger partial charge on any atom is -0.354 e. The number of hydrogen-bond acceptors (Lipinski definition) is 14. The van der Waals surface area contributed by atoms with Gasteiger partial charge in [0.1, 0.15) is 0 Å². The van der Waals surface area contributed by atoms with Gasteiger partial charge in [0.15, 0.2) is 31.2 Å². The number of hydrogen-bond donors (Lipinski definition) is 4. The van der Waals surface area contributed by atoms with Gasteiger partial charge in [0.2, 0.25) is 0 Å². The molecular formula is C36H38N2O14S4. The molecule has 16 nitrogen and oxygen atoms in total. The lowest BCUT2D eigenvalue weighted by atomic mass is 9.82.